The molecule has 2 aromatic rings. The summed E-state index contributed by atoms with van der Waals surface area (Å²) < 4.78 is 0. The number of para-hydroxylation sites is 1. The number of carbonyl (C=O) groups is 1. The summed E-state index contributed by atoms with van der Waals surface area (Å²) in [6.07, 6.45) is 7.18. The molecule has 5 heteroatoms. The quantitative estimate of drug-likeness (QED) is 0.844. The van der Waals surface area contributed by atoms with Gasteiger partial charge in [-0.15, -0.1) is 0 Å². The summed E-state index contributed by atoms with van der Waals surface area (Å²) in [7, 11) is 0. The maximum Gasteiger partial charge on any atom is 0.277 e. The number of aromatic nitrogens is 2. The van der Waals surface area contributed by atoms with Crippen molar-refractivity contribution in [3.63, 3.8) is 0 Å². The Kier molecular flexibility index (Phi) is 4.62. The second-order valence-electron chi connectivity index (χ2n) is 7.37. The van der Waals surface area contributed by atoms with Crippen LogP contribution in [0.4, 0.5) is 11.5 Å². The standard InChI is InChI=1S/C21H26N4O/c1-3-17-9-6-7-11-24(17)20-13-18(22-14-23-20)21(26)25-15(2)12-16-8-4-5-10-19(16)25/h4-5,8,10,13-15,17H,3,6-7,9,11-12H2,1-2H3. The third kappa shape index (κ3) is 2.96. The van der Waals surface area contributed by atoms with Gasteiger partial charge < -0.3 is 9.80 Å². The first-order chi connectivity index (χ1) is 12.7. The number of amides is 1. The van der Waals surface area contributed by atoms with Crippen LogP contribution in [0, 0.1) is 0 Å². The molecular formula is C21H26N4O. The Morgan fingerprint density at radius 1 is 1.23 bits per heavy atom. The highest BCUT2D eigenvalue weighted by molar-refractivity contribution is 6.06. The van der Waals surface area contributed by atoms with E-state index in [-0.39, 0.29) is 11.9 Å². The van der Waals surface area contributed by atoms with Crippen LogP contribution in [0.15, 0.2) is 36.7 Å². The van der Waals surface area contributed by atoms with Gasteiger partial charge in [0.25, 0.3) is 5.91 Å². The first kappa shape index (κ1) is 17.0. The fraction of sp³-hybridized carbons (Fsp3) is 0.476. The average Bonchev–Trinajstić information content (AvgIpc) is 3.03. The van der Waals surface area contributed by atoms with E-state index in [1.807, 2.05) is 29.2 Å². The second kappa shape index (κ2) is 7.06. The summed E-state index contributed by atoms with van der Waals surface area (Å²) >= 11 is 0. The molecule has 1 saturated heterocycles. The van der Waals surface area contributed by atoms with Crippen molar-refractivity contribution in [2.75, 3.05) is 16.3 Å². The van der Waals surface area contributed by atoms with E-state index in [9.17, 15) is 4.79 Å². The molecule has 1 fully saturated rings. The largest absolute Gasteiger partial charge is 0.354 e. The van der Waals surface area contributed by atoms with Crippen molar-refractivity contribution in [3.8, 4) is 0 Å². The van der Waals surface area contributed by atoms with Crippen LogP contribution in [-0.2, 0) is 6.42 Å². The molecule has 5 nitrogen and oxygen atoms in total. The summed E-state index contributed by atoms with van der Waals surface area (Å²) in [5, 5.41) is 0. The minimum atomic E-state index is -0.0313. The number of hydrogen-bond acceptors (Lipinski definition) is 4. The van der Waals surface area contributed by atoms with Gasteiger partial charge in [0.1, 0.15) is 17.8 Å². The van der Waals surface area contributed by atoms with Gasteiger partial charge >= 0.3 is 0 Å². The molecule has 3 heterocycles. The van der Waals surface area contributed by atoms with Gasteiger partial charge in [-0.25, -0.2) is 9.97 Å². The minimum Gasteiger partial charge on any atom is -0.354 e. The molecular weight excluding hydrogens is 324 g/mol. The van der Waals surface area contributed by atoms with Crippen molar-refractivity contribution in [1.82, 2.24) is 9.97 Å². The Morgan fingerprint density at radius 2 is 2.08 bits per heavy atom. The van der Waals surface area contributed by atoms with E-state index < -0.39 is 0 Å². The molecule has 0 N–H and O–H groups in total. The van der Waals surface area contributed by atoms with Crippen molar-refractivity contribution in [2.45, 2.75) is 58.0 Å². The van der Waals surface area contributed by atoms with Gasteiger partial charge in [-0.1, -0.05) is 25.1 Å². The lowest BCUT2D eigenvalue weighted by Crippen LogP contribution is -2.40. The van der Waals surface area contributed by atoms with E-state index in [1.54, 1.807) is 0 Å². The Balaban J connectivity index is 1.63. The highest BCUT2D eigenvalue weighted by Gasteiger charge is 2.32. The Hall–Kier alpha value is -2.43. The van der Waals surface area contributed by atoms with Crippen LogP contribution in [0.5, 0.6) is 0 Å². The molecule has 136 valence electrons. The van der Waals surface area contributed by atoms with Crippen LogP contribution in [-0.4, -0.2) is 34.5 Å². The molecule has 0 bridgehead atoms. The predicted octanol–water partition coefficient (Wildman–Crippen LogP) is 3.84. The molecule has 0 aliphatic carbocycles. The molecule has 1 aromatic carbocycles. The number of benzene rings is 1. The van der Waals surface area contributed by atoms with Gasteiger partial charge in [-0.3, -0.25) is 4.79 Å². The average molecular weight is 350 g/mol. The Labute approximate surface area is 155 Å². The minimum absolute atomic E-state index is 0.0313. The van der Waals surface area contributed by atoms with Crippen LogP contribution in [0.1, 0.15) is 55.6 Å². The van der Waals surface area contributed by atoms with Crippen molar-refractivity contribution in [2.24, 2.45) is 0 Å². The van der Waals surface area contributed by atoms with Crippen LogP contribution in [0.3, 0.4) is 0 Å². The zero-order chi connectivity index (χ0) is 18.1. The molecule has 0 radical (unpaired) electrons. The number of hydrogen-bond donors (Lipinski definition) is 0. The zero-order valence-electron chi connectivity index (χ0n) is 15.6. The maximum atomic E-state index is 13.2. The van der Waals surface area contributed by atoms with Gasteiger partial charge in [0.05, 0.1) is 0 Å². The summed E-state index contributed by atoms with van der Waals surface area (Å²) in [6.45, 7) is 5.32. The van der Waals surface area contributed by atoms with Crippen molar-refractivity contribution in [1.29, 1.82) is 0 Å². The monoisotopic (exact) mass is 350 g/mol. The summed E-state index contributed by atoms with van der Waals surface area (Å²) in [6, 6.07) is 10.7. The zero-order valence-corrected chi connectivity index (χ0v) is 15.6. The van der Waals surface area contributed by atoms with E-state index in [0.29, 0.717) is 11.7 Å². The number of nitrogens with zero attached hydrogens (tertiary/aromatic N) is 4. The molecule has 2 aliphatic rings. The first-order valence-corrected chi connectivity index (χ1v) is 9.69. The Bertz CT molecular complexity index is 806. The fourth-order valence-electron chi connectivity index (χ4n) is 4.35. The topological polar surface area (TPSA) is 49.3 Å². The molecule has 2 aliphatic heterocycles. The van der Waals surface area contributed by atoms with Crippen molar-refractivity contribution >= 4 is 17.4 Å². The maximum absolute atomic E-state index is 13.2. The third-order valence-electron chi connectivity index (χ3n) is 5.69. The van der Waals surface area contributed by atoms with E-state index in [0.717, 1.165) is 30.9 Å². The van der Waals surface area contributed by atoms with E-state index in [4.69, 9.17) is 0 Å². The number of fused-ring (bicyclic) bond motifs is 1. The summed E-state index contributed by atoms with van der Waals surface area (Å²) in [5.41, 5.74) is 2.72. The van der Waals surface area contributed by atoms with Crippen molar-refractivity contribution < 1.29 is 4.79 Å². The summed E-state index contributed by atoms with van der Waals surface area (Å²) in [5.74, 6) is 0.853. The highest BCUT2D eigenvalue weighted by Crippen LogP contribution is 2.33. The van der Waals surface area contributed by atoms with Crippen molar-refractivity contribution in [3.05, 3.63) is 47.9 Å². The predicted molar refractivity (Wildman–Crippen MR) is 104 cm³/mol. The lowest BCUT2D eigenvalue weighted by molar-refractivity contribution is 0.0976. The fourth-order valence-corrected chi connectivity index (χ4v) is 4.35. The molecule has 1 amide bonds. The van der Waals surface area contributed by atoms with E-state index in [1.165, 1.54) is 31.2 Å². The SMILES string of the molecule is CCC1CCCCN1c1cc(C(=O)N2c3ccccc3CC2C)ncn1. The molecule has 4 rings (SSSR count). The third-order valence-corrected chi connectivity index (χ3v) is 5.69. The summed E-state index contributed by atoms with van der Waals surface area (Å²) in [4.78, 5) is 26.2. The van der Waals surface area contributed by atoms with Gasteiger partial charge in [-0.2, -0.15) is 0 Å². The van der Waals surface area contributed by atoms with Crippen LogP contribution in [0.2, 0.25) is 0 Å². The van der Waals surface area contributed by atoms with Gasteiger partial charge in [0, 0.05) is 30.4 Å². The normalized spacial score (nSPS) is 22.4. The Morgan fingerprint density at radius 3 is 2.92 bits per heavy atom. The second-order valence-corrected chi connectivity index (χ2v) is 7.37. The number of piperidine rings is 1. The van der Waals surface area contributed by atoms with Crippen LogP contribution >= 0.6 is 0 Å². The van der Waals surface area contributed by atoms with Crippen LogP contribution in [0.25, 0.3) is 0 Å². The molecule has 26 heavy (non-hydrogen) atoms. The molecule has 0 spiro atoms. The van der Waals surface area contributed by atoms with Crippen LogP contribution < -0.4 is 9.80 Å². The van der Waals surface area contributed by atoms with Gasteiger partial charge in [0.2, 0.25) is 0 Å². The van der Waals surface area contributed by atoms with Gasteiger partial charge in [-0.05, 0) is 50.7 Å². The van der Waals surface area contributed by atoms with E-state index in [2.05, 4.69) is 34.8 Å². The number of carbonyl (C=O) groups excluding carboxylic acids is 1. The number of rotatable bonds is 3. The highest BCUT2D eigenvalue weighted by atomic mass is 16.2. The lowest BCUT2D eigenvalue weighted by Gasteiger charge is -2.36. The molecule has 2 atom stereocenters. The van der Waals surface area contributed by atoms with Gasteiger partial charge in [0.15, 0.2) is 0 Å². The molecule has 2 unspecified atom stereocenters. The molecule has 0 saturated carbocycles. The smallest absolute Gasteiger partial charge is 0.277 e. The van der Waals surface area contributed by atoms with E-state index >= 15 is 0 Å². The lowest BCUT2D eigenvalue weighted by atomic mass is 10.00. The first-order valence-electron chi connectivity index (χ1n) is 9.69. The number of anilines is 2. The molecule has 1 aromatic heterocycles.